The van der Waals surface area contributed by atoms with E-state index in [1.807, 2.05) is 16.7 Å². The second-order valence-electron chi connectivity index (χ2n) is 2.83. The smallest absolute Gasteiger partial charge is 0.237 e. The van der Waals surface area contributed by atoms with Crippen molar-refractivity contribution in [1.29, 1.82) is 0 Å². The predicted octanol–water partition coefficient (Wildman–Crippen LogP) is 1.58. The van der Waals surface area contributed by atoms with E-state index in [1.54, 1.807) is 0 Å². The quantitative estimate of drug-likeness (QED) is 0.609. The molecule has 12 heavy (non-hydrogen) atoms. The summed E-state index contributed by atoms with van der Waals surface area (Å²) in [4.78, 5) is 13.1. The van der Waals surface area contributed by atoms with Gasteiger partial charge in [-0.05, 0) is 18.6 Å². The number of carbonyl (C=O) groups is 1. The number of halogens is 1. The van der Waals surface area contributed by atoms with Gasteiger partial charge in [0.2, 0.25) is 5.91 Å². The summed E-state index contributed by atoms with van der Waals surface area (Å²) < 4.78 is 0. The van der Waals surface area contributed by atoms with E-state index in [1.165, 1.54) is 12.2 Å². The lowest BCUT2D eigenvalue weighted by Crippen LogP contribution is -2.35. The molecule has 1 aliphatic heterocycles. The summed E-state index contributed by atoms with van der Waals surface area (Å²) in [6, 6.07) is 0. The van der Waals surface area contributed by atoms with E-state index in [0.717, 1.165) is 25.3 Å². The Morgan fingerprint density at radius 2 is 2.17 bits per heavy atom. The molecule has 4 heteroatoms. The van der Waals surface area contributed by atoms with Crippen molar-refractivity contribution >= 4 is 29.3 Å². The van der Waals surface area contributed by atoms with E-state index in [0.29, 0.717) is 0 Å². The minimum absolute atomic E-state index is 0.0826. The van der Waals surface area contributed by atoms with Gasteiger partial charge in [0.25, 0.3) is 0 Å². The highest BCUT2D eigenvalue weighted by atomic mass is 35.5. The molecule has 0 spiro atoms. The average molecular weight is 208 g/mol. The molecule has 0 aromatic rings. The van der Waals surface area contributed by atoms with Crippen LogP contribution < -0.4 is 0 Å². The summed E-state index contributed by atoms with van der Waals surface area (Å²) in [7, 11) is 0. The predicted molar refractivity (Wildman–Crippen MR) is 53.9 cm³/mol. The van der Waals surface area contributed by atoms with Gasteiger partial charge in [0.05, 0.1) is 0 Å². The van der Waals surface area contributed by atoms with E-state index in [2.05, 4.69) is 0 Å². The Morgan fingerprint density at radius 1 is 1.33 bits per heavy atom. The number of thioether (sulfide) groups is 1. The zero-order chi connectivity index (χ0) is 8.81. The van der Waals surface area contributed by atoms with Gasteiger partial charge in [0.15, 0.2) is 0 Å². The van der Waals surface area contributed by atoms with Crippen LogP contribution in [0.1, 0.15) is 12.8 Å². The fourth-order valence-corrected chi connectivity index (χ4v) is 2.36. The third-order valence-electron chi connectivity index (χ3n) is 1.94. The van der Waals surface area contributed by atoms with Crippen LogP contribution in [0.25, 0.3) is 0 Å². The normalized spacial score (nSPS) is 19.9. The second-order valence-corrected chi connectivity index (χ2v) is 4.33. The lowest BCUT2D eigenvalue weighted by Gasteiger charge is -2.23. The van der Waals surface area contributed by atoms with Gasteiger partial charge in [0, 0.05) is 18.8 Å². The molecule has 0 aromatic heterocycles. The lowest BCUT2D eigenvalue weighted by molar-refractivity contribution is -0.128. The van der Waals surface area contributed by atoms with Gasteiger partial charge in [-0.25, -0.2) is 0 Å². The Labute approximate surface area is 82.6 Å². The van der Waals surface area contributed by atoms with Crippen LogP contribution in [0, 0.1) is 0 Å². The van der Waals surface area contributed by atoms with Gasteiger partial charge in [-0.15, -0.1) is 11.6 Å². The minimum atomic E-state index is 0.0826. The topological polar surface area (TPSA) is 20.3 Å². The van der Waals surface area contributed by atoms with E-state index in [9.17, 15) is 4.79 Å². The van der Waals surface area contributed by atoms with Gasteiger partial charge in [-0.1, -0.05) is 0 Å². The molecule has 0 radical (unpaired) electrons. The van der Waals surface area contributed by atoms with Gasteiger partial charge < -0.3 is 4.90 Å². The molecule has 2 nitrogen and oxygen atoms in total. The Bertz CT molecular complexity index is 146. The molecular weight excluding hydrogens is 194 g/mol. The lowest BCUT2D eigenvalue weighted by atomic mass is 10.3. The van der Waals surface area contributed by atoms with Crippen LogP contribution >= 0.6 is 23.4 Å². The van der Waals surface area contributed by atoms with Crippen LogP contribution in [-0.4, -0.2) is 41.3 Å². The van der Waals surface area contributed by atoms with Gasteiger partial charge >= 0.3 is 0 Å². The highest BCUT2D eigenvalue weighted by Gasteiger charge is 2.12. The molecule has 0 unspecified atom stereocenters. The van der Waals surface area contributed by atoms with Crippen molar-refractivity contribution in [2.75, 3.05) is 30.5 Å². The van der Waals surface area contributed by atoms with E-state index < -0.39 is 0 Å². The molecule has 1 amide bonds. The molecular formula is C8H14ClNOS. The largest absolute Gasteiger partial charge is 0.341 e. The zero-order valence-corrected chi connectivity index (χ0v) is 8.66. The van der Waals surface area contributed by atoms with Crippen molar-refractivity contribution < 1.29 is 4.79 Å². The molecule has 0 N–H and O–H groups in total. The van der Waals surface area contributed by atoms with Crippen LogP contribution in [0.5, 0.6) is 0 Å². The molecule has 1 rings (SSSR count). The number of amides is 1. The van der Waals surface area contributed by atoms with Crippen molar-refractivity contribution in [3.05, 3.63) is 0 Å². The molecule has 0 aliphatic carbocycles. The molecule has 0 atom stereocenters. The number of carbonyl (C=O) groups excluding carboxylic acids is 1. The molecule has 1 aliphatic rings. The van der Waals surface area contributed by atoms with Gasteiger partial charge in [-0.2, -0.15) is 11.8 Å². The summed E-state index contributed by atoms with van der Waals surface area (Å²) in [5, 5.41) is 0. The minimum Gasteiger partial charge on any atom is -0.341 e. The number of hydrogen-bond acceptors (Lipinski definition) is 2. The molecule has 1 saturated heterocycles. The molecule has 0 aromatic carbocycles. The van der Waals surface area contributed by atoms with Crippen molar-refractivity contribution in [3.8, 4) is 0 Å². The Kier molecular flexibility index (Phi) is 4.84. The first-order chi connectivity index (χ1) is 5.84. The first-order valence-electron chi connectivity index (χ1n) is 4.26. The Balaban J connectivity index is 2.34. The van der Waals surface area contributed by atoms with Gasteiger partial charge in [-0.3, -0.25) is 4.79 Å². The van der Waals surface area contributed by atoms with Gasteiger partial charge in [0.1, 0.15) is 5.88 Å². The monoisotopic (exact) mass is 207 g/mol. The van der Waals surface area contributed by atoms with Crippen molar-refractivity contribution in [2.45, 2.75) is 12.8 Å². The number of alkyl halides is 1. The summed E-state index contributed by atoms with van der Waals surface area (Å²) in [5.41, 5.74) is 0. The van der Waals surface area contributed by atoms with Crippen LogP contribution in [0.2, 0.25) is 0 Å². The Hall–Kier alpha value is 0.110. The van der Waals surface area contributed by atoms with Crippen LogP contribution in [0.4, 0.5) is 0 Å². The summed E-state index contributed by atoms with van der Waals surface area (Å²) in [6.07, 6.45) is 2.34. The van der Waals surface area contributed by atoms with E-state index >= 15 is 0 Å². The summed E-state index contributed by atoms with van der Waals surface area (Å²) in [6.45, 7) is 1.77. The highest BCUT2D eigenvalue weighted by Crippen LogP contribution is 2.10. The number of rotatable bonds is 1. The maximum absolute atomic E-state index is 11.2. The number of nitrogens with zero attached hydrogens (tertiary/aromatic N) is 1. The summed E-state index contributed by atoms with van der Waals surface area (Å²) >= 11 is 7.41. The average Bonchev–Trinajstić information content (AvgIpc) is 2.02. The molecule has 1 fully saturated rings. The molecule has 70 valence electrons. The third kappa shape index (κ3) is 3.23. The molecule has 0 bridgehead atoms. The maximum atomic E-state index is 11.2. The van der Waals surface area contributed by atoms with E-state index in [4.69, 9.17) is 11.6 Å². The second kappa shape index (κ2) is 5.70. The van der Waals surface area contributed by atoms with Crippen molar-refractivity contribution in [3.63, 3.8) is 0 Å². The van der Waals surface area contributed by atoms with Crippen LogP contribution in [0.15, 0.2) is 0 Å². The first kappa shape index (κ1) is 10.2. The van der Waals surface area contributed by atoms with Crippen LogP contribution in [0.3, 0.4) is 0 Å². The molecule has 0 saturated carbocycles. The third-order valence-corrected chi connectivity index (χ3v) is 3.22. The first-order valence-corrected chi connectivity index (χ1v) is 5.95. The SMILES string of the molecule is O=C(CCl)N1CCCCSCC1. The maximum Gasteiger partial charge on any atom is 0.237 e. The summed E-state index contributed by atoms with van der Waals surface area (Å²) in [5.74, 6) is 2.51. The Morgan fingerprint density at radius 3 is 2.92 bits per heavy atom. The highest BCUT2D eigenvalue weighted by molar-refractivity contribution is 7.99. The van der Waals surface area contributed by atoms with E-state index in [-0.39, 0.29) is 11.8 Å². The zero-order valence-electron chi connectivity index (χ0n) is 7.09. The fraction of sp³-hybridized carbons (Fsp3) is 0.875. The van der Waals surface area contributed by atoms with Crippen molar-refractivity contribution in [1.82, 2.24) is 4.90 Å². The van der Waals surface area contributed by atoms with Crippen molar-refractivity contribution in [2.24, 2.45) is 0 Å². The molecule has 1 heterocycles. The number of hydrogen-bond donors (Lipinski definition) is 0. The fourth-order valence-electron chi connectivity index (χ4n) is 1.23. The standard InChI is InChI=1S/C8H14ClNOS/c9-7-8(11)10-3-1-2-5-12-6-4-10/h1-7H2. The van der Waals surface area contributed by atoms with Crippen LogP contribution in [-0.2, 0) is 4.79 Å².